The summed E-state index contributed by atoms with van der Waals surface area (Å²) >= 11 is 0. The Kier molecular flexibility index (Phi) is 133. The Labute approximate surface area is 80.7 Å². The van der Waals surface area contributed by atoms with Crippen LogP contribution in [0.25, 0.3) is 0 Å². The molecule has 0 aliphatic carbocycles. The Morgan fingerprint density at radius 1 is 1.00 bits per heavy atom. The van der Waals surface area contributed by atoms with Crippen molar-refractivity contribution in [2.45, 2.75) is 0 Å². The van der Waals surface area contributed by atoms with Gasteiger partial charge in [-0.15, -0.1) is 0 Å². The molecule has 0 rings (SSSR count). The summed E-state index contributed by atoms with van der Waals surface area (Å²) < 4.78 is 0. The normalized spacial score (nSPS) is 0. The van der Waals surface area contributed by atoms with Crippen molar-refractivity contribution in [1.82, 2.24) is 0 Å². The maximum absolute atomic E-state index is 0. The Bertz CT molecular complexity index is 8.00. The predicted molar refractivity (Wildman–Crippen MR) is 18.5 cm³/mol. The van der Waals surface area contributed by atoms with Gasteiger partial charge in [-0.1, -0.05) is 0 Å². The van der Waals surface area contributed by atoms with Crippen molar-refractivity contribution in [1.29, 1.82) is 0 Å². The minimum absolute atomic E-state index is 0. The van der Waals surface area contributed by atoms with Gasteiger partial charge in [0.15, 0.2) is 0 Å². The summed E-state index contributed by atoms with van der Waals surface area (Å²) in [7, 11) is 0. The van der Waals surface area contributed by atoms with Crippen molar-refractivity contribution in [3.8, 4) is 0 Å². The van der Waals surface area contributed by atoms with E-state index in [-0.39, 0.29) is 81.9 Å². The molecule has 35 valence electrons. The van der Waals surface area contributed by atoms with Crippen molar-refractivity contribution < 1.29 is 33.6 Å². The fourth-order valence-electron chi connectivity index (χ4n) is 0. The second kappa shape index (κ2) is 17.4. The molecule has 0 unspecified atom stereocenters. The monoisotopic (exact) mass is 367 g/mol. The van der Waals surface area contributed by atoms with Crippen molar-refractivity contribution in [2.75, 3.05) is 0 Å². The van der Waals surface area contributed by atoms with Crippen molar-refractivity contribution in [2.24, 2.45) is 0 Å². The van der Waals surface area contributed by atoms with Crippen LogP contribution in [0.2, 0.25) is 0 Å². The zero-order chi connectivity index (χ0) is 0. The van der Waals surface area contributed by atoms with Gasteiger partial charge in [0.25, 0.3) is 0 Å². The molecule has 3 radical (unpaired) electrons. The number of rotatable bonds is 0. The van der Waals surface area contributed by atoms with Gasteiger partial charge in [-0.25, -0.2) is 0 Å². The Hall–Kier alpha value is 2.63. The average Bonchev–Trinajstić information content (AvgIpc) is 0. The van der Waals surface area contributed by atoms with E-state index in [4.69, 9.17) is 0 Å². The van der Waals surface area contributed by atoms with Crippen molar-refractivity contribution in [3.05, 3.63) is 0 Å². The second-order valence-corrected chi connectivity index (χ2v) is 0. The molecule has 0 aromatic carbocycles. The van der Waals surface area contributed by atoms with Crippen LogP contribution in [0.4, 0.5) is 0 Å². The van der Waals surface area contributed by atoms with Gasteiger partial charge in [0.2, 0.25) is 0 Å². The Balaban J connectivity index is 0. The van der Waals surface area contributed by atoms with Gasteiger partial charge in [0, 0.05) is 33.6 Å². The van der Waals surface area contributed by atoms with Gasteiger partial charge in [-0.05, 0) is 0 Å². The molecule has 0 bridgehead atoms. The zero-order valence-electron chi connectivity index (χ0n) is 2.03. The fourth-order valence-corrected chi connectivity index (χ4v) is 0. The van der Waals surface area contributed by atoms with Crippen molar-refractivity contribution >= 4 is 48.3 Å². The molecule has 0 N–H and O–H groups in total. The molecule has 0 heterocycles. The Morgan fingerprint density at radius 2 is 1.00 bits per heavy atom. The third kappa shape index (κ3) is 8.82. The van der Waals surface area contributed by atoms with Gasteiger partial charge in [-0.3, -0.25) is 0 Å². The van der Waals surface area contributed by atoms with E-state index in [1.54, 1.807) is 0 Å². The summed E-state index contributed by atoms with van der Waals surface area (Å²) in [5.74, 6) is 0. The van der Waals surface area contributed by atoms with Crippen molar-refractivity contribution in [3.63, 3.8) is 0 Å². The van der Waals surface area contributed by atoms with Gasteiger partial charge < -0.3 is 0 Å². The predicted octanol–water partition coefficient (Wildman–Crippen LogP) is -2.11. The van der Waals surface area contributed by atoms with Crippen LogP contribution in [0.1, 0.15) is 0 Å². The van der Waals surface area contributed by atoms with Crippen LogP contribution in [0, 0.1) is 0 Å². The fraction of sp³-hybridized carbons (Fsp3) is 0. The summed E-state index contributed by atoms with van der Waals surface area (Å²) in [5, 5.41) is 0. The standard InChI is InChI=1S/Cu.Ni.Sb.Sn.5H. The average molecular weight is 368 g/mol. The van der Waals surface area contributed by atoms with Crippen LogP contribution >= 0.6 is 0 Å². The summed E-state index contributed by atoms with van der Waals surface area (Å²) in [6, 6.07) is 0. The van der Waals surface area contributed by atoms with Crippen LogP contribution in [-0.2, 0) is 33.6 Å². The van der Waals surface area contributed by atoms with Crippen LogP contribution < -0.4 is 0 Å². The molecule has 0 amide bonds. The molecule has 0 aromatic rings. The zero-order valence-corrected chi connectivity index (χ0v) is 12.0. The van der Waals surface area contributed by atoms with Gasteiger partial charge >= 0.3 is 48.3 Å². The van der Waals surface area contributed by atoms with Crippen LogP contribution in [0.15, 0.2) is 0 Å². The van der Waals surface area contributed by atoms with Gasteiger partial charge in [0.1, 0.15) is 0 Å². The summed E-state index contributed by atoms with van der Waals surface area (Å²) in [4.78, 5) is 0. The van der Waals surface area contributed by atoms with E-state index in [9.17, 15) is 0 Å². The molecular weight excluding hydrogens is 363 g/mol. The van der Waals surface area contributed by atoms with Crippen LogP contribution in [-0.4, -0.2) is 48.3 Å². The molecule has 0 spiro atoms. The molecule has 0 saturated heterocycles. The molecule has 4 heteroatoms. The summed E-state index contributed by atoms with van der Waals surface area (Å²) in [6.07, 6.45) is 0. The van der Waals surface area contributed by atoms with E-state index < -0.39 is 0 Å². The maximum atomic E-state index is 0. The van der Waals surface area contributed by atoms with Gasteiger partial charge in [-0.2, -0.15) is 0 Å². The van der Waals surface area contributed by atoms with E-state index in [1.807, 2.05) is 0 Å². The van der Waals surface area contributed by atoms with Gasteiger partial charge in [0.05, 0.1) is 0 Å². The molecule has 0 fully saturated rings. The second-order valence-electron chi connectivity index (χ2n) is 0. The minimum atomic E-state index is 0. The quantitative estimate of drug-likeness (QED) is 0.430. The van der Waals surface area contributed by atoms with E-state index in [0.29, 0.717) is 0 Å². The molecule has 4 heavy (non-hydrogen) atoms. The SMILES string of the molecule is [Cu].[Ni].[SbH3].[SnH2]. The first-order valence-corrected chi connectivity index (χ1v) is 0. The molecule has 0 nitrogen and oxygen atoms in total. The first-order chi connectivity index (χ1) is 0. The molecule has 0 saturated carbocycles. The summed E-state index contributed by atoms with van der Waals surface area (Å²) in [5.41, 5.74) is 0. The first kappa shape index (κ1) is 30.4. The summed E-state index contributed by atoms with van der Waals surface area (Å²) in [6.45, 7) is 0. The first-order valence-electron chi connectivity index (χ1n) is 0. The molecule has 0 atom stereocenters. The molecule has 0 aliphatic rings. The number of hydrogen-bond acceptors (Lipinski definition) is 0. The topological polar surface area (TPSA) is 0 Å². The van der Waals surface area contributed by atoms with E-state index in [0.717, 1.165) is 0 Å². The van der Waals surface area contributed by atoms with E-state index >= 15 is 0 Å². The molecule has 0 aromatic heterocycles. The van der Waals surface area contributed by atoms with Crippen LogP contribution in [0.5, 0.6) is 0 Å². The van der Waals surface area contributed by atoms with E-state index in [2.05, 4.69) is 0 Å². The Morgan fingerprint density at radius 3 is 1.00 bits per heavy atom. The third-order valence-corrected chi connectivity index (χ3v) is 0. The van der Waals surface area contributed by atoms with E-state index in [1.165, 1.54) is 0 Å². The number of hydrogen-bond donors (Lipinski definition) is 0. The third-order valence-electron chi connectivity index (χ3n) is 0. The molecular formula is H5CuNiSbSn. The van der Waals surface area contributed by atoms with Crippen LogP contribution in [0.3, 0.4) is 0 Å². The molecule has 0 aliphatic heterocycles.